The highest BCUT2D eigenvalue weighted by molar-refractivity contribution is 5.92. The van der Waals surface area contributed by atoms with Crippen molar-refractivity contribution in [2.45, 2.75) is 45.7 Å². The van der Waals surface area contributed by atoms with Gasteiger partial charge in [-0.1, -0.05) is 5.16 Å². The number of carbonyl (C=O) groups excluding carboxylic acids is 1. The molecular formula is C20H26N6O3. The molecule has 0 spiro atoms. The van der Waals surface area contributed by atoms with Crippen molar-refractivity contribution >= 4 is 5.91 Å². The van der Waals surface area contributed by atoms with E-state index in [4.69, 9.17) is 4.52 Å². The van der Waals surface area contributed by atoms with Crippen LogP contribution in [0.2, 0.25) is 0 Å². The third kappa shape index (κ3) is 4.09. The first-order valence-electron chi connectivity index (χ1n) is 9.92. The van der Waals surface area contributed by atoms with Gasteiger partial charge >= 0.3 is 0 Å². The van der Waals surface area contributed by atoms with Crippen molar-refractivity contribution in [3.63, 3.8) is 0 Å². The Balaban J connectivity index is 1.37. The molecule has 0 bridgehead atoms. The minimum atomic E-state index is -0.107. The summed E-state index contributed by atoms with van der Waals surface area (Å²) in [6.07, 6.45) is 7.22. The maximum Gasteiger partial charge on any atom is 0.276 e. The highest BCUT2D eigenvalue weighted by atomic mass is 16.5. The number of likely N-dealkylation sites (tertiary alicyclic amines) is 1. The van der Waals surface area contributed by atoms with Gasteiger partial charge in [0.05, 0.1) is 12.8 Å². The average Bonchev–Trinajstić information content (AvgIpc) is 3.44. The Bertz CT molecular complexity index is 980. The van der Waals surface area contributed by atoms with Crippen LogP contribution in [0.15, 0.2) is 29.2 Å². The van der Waals surface area contributed by atoms with E-state index in [1.165, 1.54) is 0 Å². The van der Waals surface area contributed by atoms with Gasteiger partial charge in [-0.2, -0.15) is 5.10 Å². The molecule has 4 heterocycles. The number of amides is 1. The van der Waals surface area contributed by atoms with Crippen LogP contribution in [-0.2, 0) is 13.1 Å². The topological polar surface area (TPSA) is 102 Å². The Morgan fingerprint density at radius 1 is 1.28 bits per heavy atom. The first kappa shape index (κ1) is 19.4. The molecule has 1 aliphatic rings. The molecule has 154 valence electrons. The maximum atomic E-state index is 12.8. The molecule has 29 heavy (non-hydrogen) atoms. The number of imidazole rings is 1. The number of hydrogen-bond acceptors (Lipinski definition) is 6. The fraction of sp³-hybridized carbons (Fsp3) is 0.500. The van der Waals surface area contributed by atoms with Crippen molar-refractivity contribution < 1.29 is 14.4 Å². The summed E-state index contributed by atoms with van der Waals surface area (Å²) in [5.41, 5.74) is 2.45. The second-order valence-electron chi connectivity index (χ2n) is 7.59. The lowest BCUT2D eigenvalue weighted by Crippen LogP contribution is -2.38. The molecule has 1 saturated heterocycles. The summed E-state index contributed by atoms with van der Waals surface area (Å²) >= 11 is 0. The van der Waals surface area contributed by atoms with E-state index in [-0.39, 0.29) is 18.4 Å². The number of aromatic nitrogens is 5. The highest BCUT2D eigenvalue weighted by Crippen LogP contribution is 2.28. The Morgan fingerprint density at radius 2 is 2.07 bits per heavy atom. The predicted molar refractivity (Wildman–Crippen MR) is 104 cm³/mol. The number of aliphatic hydroxyl groups excluding tert-OH is 1. The van der Waals surface area contributed by atoms with Crippen LogP contribution in [0.5, 0.6) is 0 Å². The molecule has 1 aliphatic heterocycles. The third-order valence-electron chi connectivity index (χ3n) is 5.42. The Morgan fingerprint density at radius 3 is 2.76 bits per heavy atom. The molecule has 0 radical (unpaired) electrons. The van der Waals surface area contributed by atoms with Crippen LogP contribution in [0.4, 0.5) is 0 Å². The van der Waals surface area contributed by atoms with Crippen LogP contribution < -0.4 is 0 Å². The van der Waals surface area contributed by atoms with Crippen molar-refractivity contribution in [2.24, 2.45) is 0 Å². The maximum absolute atomic E-state index is 12.8. The number of aliphatic hydroxyl groups is 1. The molecule has 1 fully saturated rings. The monoisotopic (exact) mass is 398 g/mol. The van der Waals surface area contributed by atoms with Crippen molar-refractivity contribution in [3.8, 4) is 0 Å². The molecule has 0 saturated carbocycles. The zero-order valence-electron chi connectivity index (χ0n) is 16.8. The predicted octanol–water partition coefficient (Wildman–Crippen LogP) is 1.74. The summed E-state index contributed by atoms with van der Waals surface area (Å²) in [6, 6.07) is 1.70. The molecule has 0 atom stereocenters. The zero-order chi connectivity index (χ0) is 20.4. The quantitative estimate of drug-likeness (QED) is 0.679. The van der Waals surface area contributed by atoms with Gasteiger partial charge in [-0.25, -0.2) is 4.98 Å². The van der Waals surface area contributed by atoms with E-state index >= 15 is 0 Å². The molecule has 3 aromatic rings. The first-order chi connectivity index (χ1) is 14.0. The van der Waals surface area contributed by atoms with Crippen molar-refractivity contribution in [1.29, 1.82) is 0 Å². The molecule has 0 aliphatic carbocycles. The van der Waals surface area contributed by atoms with Crippen LogP contribution in [0.3, 0.4) is 0 Å². The van der Waals surface area contributed by atoms with Gasteiger partial charge in [-0.15, -0.1) is 0 Å². The molecule has 3 aromatic heterocycles. The van der Waals surface area contributed by atoms with Crippen LogP contribution in [0.25, 0.3) is 0 Å². The van der Waals surface area contributed by atoms with Gasteiger partial charge in [0.1, 0.15) is 12.4 Å². The lowest BCUT2D eigenvalue weighted by molar-refractivity contribution is 0.0699. The highest BCUT2D eigenvalue weighted by Gasteiger charge is 2.28. The number of rotatable bonds is 6. The smallest absolute Gasteiger partial charge is 0.276 e. The SMILES string of the molecule is Cc1cnn(Cc2cc(C(=O)N3CCC(c4ncc(C)n4CCO)CC3)no2)c1. The van der Waals surface area contributed by atoms with E-state index in [1.54, 1.807) is 16.9 Å². The third-order valence-corrected chi connectivity index (χ3v) is 5.42. The van der Waals surface area contributed by atoms with Crippen molar-refractivity contribution in [1.82, 2.24) is 29.4 Å². The first-order valence-corrected chi connectivity index (χ1v) is 9.92. The summed E-state index contributed by atoms with van der Waals surface area (Å²) in [7, 11) is 0. The number of carbonyl (C=O) groups is 1. The molecule has 9 nitrogen and oxygen atoms in total. The van der Waals surface area contributed by atoms with Gasteiger partial charge in [-0.3, -0.25) is 9.48 Å². The Labute approximate surface area is 168 Å². The fourth-order valence-corrected chi connectivity index (χ4v) is 3.90. The number of aryl methyl sites for hydroxylation is 2. The van der Waals surface area contributed by atoms with E-state index in [0.717, 1.165) is 29.9 Å². The van der Waals surface area contributed by atoms with Crippen LogP contribution in [-0.4, -0.2) is 60.1 Å². The summed E-state index contributed by atoms with van der Waals surface area (Å²) in [6.45, 7) is 6.36. The normalized spacial score (nSPS) is 15.2. The Kier molecular flexibility index (Phi) is 5.48. The van der Waals surface area contributed by atoms with E-state index in [1.807, 2.05) is 31.1 Å². The van der Waals surface area contributed by atoms with Crippen LogP contribution >= 0.6 is 0 Å². The standard InChI is InChI=1S/C20H26N6O3/c1-14-10-22-25(12-14)13-17-9-18(23-29-17)20(28)24-5-3-16(4-6-24)19-21-11-15(2)26(19)7-8-27/h9-12,16,27H,3-8,13H2,1-2H3. The number of hydrogen-bond donors (Lipinski definition) is 1. The minimum Gasteiger partial charge on any atom is -0.395 e. The summed E-state index contributed by atoms with van der Waals surface area (Å²) in [5, 5.41) is 17.5. The molecule has 0 unspecified atom stereocenters. The number of nitrogens with zero attached hydrogens (tertiary/aromatic N) is 6. The largest absolute Gasteiger partial charge is 0.395 e. The molecule has 9 heteroatoms. The van der Waals surface area contributed by atoms with E-state index in [2.05, 4.69) is 19.8 Å². The molecule has 4 rings (SSSR count). The van der Waals surface area contributed by atoms with Crippen LogP contribution in [0.1, 0.15) is 52.1 Å². The molecule has 1 N–H and O–H groups in total. The van der Waals surface area contributed by atoms with E-state index < -0.39 is 0 Å². The van der Waals surface area contributed by atoms with Gasteiger partial charge in [0.25, 0.3) is 5.91 Å². The second-order valence-corrected chi connectivity index (χ2v) is 7.59. The van der Waals surface area contributed by atoms with Crippen LogP contribution in [0, 0.1) is 13.8 Å². The second kappa shape index (κ2) is 8.20. The van der Waals surface area contributed by atoms with Gasteiger partial charge in [0, 0.05) is 49.7 Å². The van der Waals surface area contributed by atoms with Gasteiger partial charge in [0.2, 0.25) is 0 Å². The van der Waals surface area contributed by atoms with Gasteiger partial charge in [0.15, 0.2) is 11.5 Å². The van der Waals surface area contributed by atoms with Crippen molar-refractivity contribution in [2.75, 3.05) is 19.7 Å². The van der Waals surface area contributed by atoms with Gasteiger partial charge in [-0.05, 0) is 32.3 Å². The van der Waals surface area contributed by atoms with E-state index in [9.17, 15) is 9.90 Å². The summed E-state index contributed by atoms with van der Waals surface area (Å²) in [5.74, 6) is 1.79. The van der Waals surface area contributed by atoms with E-state index in [0.29, 0.717) is 37.6 Å². The molecular weight excluding hydrogens is 372 g/mol. The zero-order valence-corrected chi connectivity index (χ0v) is 16.8. The fourth-order valence-electron chi connectivity index (χ4n) is 3.90. The molecule has 1 amide bonds. The average molecular weight is 398 g/mol. The van der Waals surface area contributed by atoms with Gasteiger partial charge < -0.3 is 19.1 Å². The molecule has 0 aromatic carbocycles. The Hall–Kier alpha value is -2.94. The number of piperidine rings is 1. The summed E-state index contributed by atoms with van der Waals surface area (Å²) < 4.78 is 9.16. The lowest BCUT2D eigenvalue weighted by Gasteiger charge is -2.31. The minimum absolute atomic E-state index is 0.0914. The van der Waals surface area contributed by atoms with Crippen molar-refractivity contribution in [3.05, 3.63) is 53.2 Å². The summed E-state index contributed by atoms with van der Waals surface area (Å²) in [4.78, 5) is 19.2. The lowest BCUT2D eigenvalue weighted by atomic mass is 9.95.